The largest absolute Gasteiger partial charge is 0.378 e. The Balaban J connectivity index is 1.61. The predicted molar refractivity (Wildman–Crippen MR) is 97.5 cm³/mol. The molecule has 0 aliphatic carbocycles. The minimum absolute atomic E-state index is 0.0564. The third-order valence-corrected chi connectivity index (χ3v) is 4.16. The van der Waals surface area contributed by atoms with Gasteiger partial charge in [-0.05, 0) is 36.4 Å². The smallest absolute Gasteiger partial charge is 0.251 e. The molecule has 0 fully saturated rings. The van der Waals surface area contributed by atoms with E-state index in [1.54, 1.807) is 0 Å². The highest BCUT2D eigenvalue weighted by atomic mass is 16.1. The molecule has 0 aliphatic heterocycles. The van der Waals surface area contributed by atoms with Gasteiger partial charge in [0.05, 0.1) is 11.0 Å². The zero-order valence-corrected chi connectivity index (χ0v) is 14.3. The SMILES string of the molecule is CN(C)c1ccc(C(=O)NCCc2nc3ccccc3n2C)cc1. The lowest BCUT2D eigenvalue weighted by molar-refractivity contribution is 0.0954. The first kappa shape index (κ1) is 16.1. The molecular formula is C19H22N4O. The van der Waals surface area contributed by atoms with Crippen molar-refractivity contribution in [1.82, 2.24) is 14.9 Å². The van der Waals surface area contributed by atoms with Gasteiger partial charge in [-0.15, -0.1) is 0 Å². The first-order valence-corrected chi connectivity index (χ1v) is 8.02. The molecule has 3 rings (SSSR count). The fourth-order valence-corrected chi connectivity index (χ4v) is 2.72. The number of fused-ring (bicyclic) bond motifs is 1. The number of nitrogens with one attached hydrogen (secondary N) is 1. The highest BCUT2D eigenvalue weighted by molar-refractivity contribution is 5.94. The number of amides is 1. The van der Waals surface area contributed by atoms with E-state index in [-0.39, 0.29) is 5.91 Å². The van der Waals surface area contributed by atoms with Crippen LogP contribution in [0.3, 0.4) is 0 Å². The number of imidazole rings is 1. The topological polar surface area (TPSA) is 50.2 Å². The van der Waals surface area contributed by atoms with Crippen LogP contribution < -0.4 is 10.2 Å². The number of rotatable bonds is 5. The lowest BCUT2D eigenvalue weighted by Gasteiger charge is -2.12. The maximum atomic E-state index is 12.2. The summed E-state index contributed by atoms with van der Waals surface area (Å²) in [6, 6.07) is 15.6. The molecule has 1 heterocycles. The van der Waals surface area contributed by atoms with Crippen LogP contribution in [0.5, 0.6) is 0 Å². The standard InChI is InChI=1S/C19H22N4O/c1-22(2)15-10-8-14(9-11-15)19(24)20-13-12-18-21-16-6-4-5-7-17(16)23(18)3/h4-11H,12-13H2,1-3H3,(H,20,24). The number of benzene rings is 2. The maximum Gasteiger partial charge on any atom is 0.251 e. The van der Waals surface area contributed by atoms with E-state index < -0.39 is 0 Å². The monoisotopic (exact) mass is 322 g/mol. The highest BCUT2D eigenvalue weighted by Gasteiger charge is 2.09. The molecule has 0 atom stereocenters. The molecule has 3 aromatic rings. The lowest BCUT2D eigenvalue weighted by atomic mass is 10.2. The molecule has 24 heavy (non-hydrogen) atoms. The van der Waals surface area contributed by atoms with E-state index >= 15 is 0 Å². The van der Waals surface area contributed by atoms with Crippen LogP contribution in [0, 0.1) is 0 Å². The van der Waals surface area contributed by atoms with Crippen molar-refractivity contribution in [1.29, 1.82) is 0 Å². The second-order valence-corrected chi connectivity index (χ2v) is 6.02. The summed E-state index contributed by atoms with van der Waals surface area (Å²) >= 11 is 0. The number of hydrogen-bond donors (Lipinski definition) is 1. The first-order valence-electron chi connectivity index (χ1n) is 8.02. The number of anilines is 1. The van der Waals surface area contributed by atoms with Crippen LogP contribution in [0.15, 0.2) is 48.5 Å². The zero-order chi connectivity index (χ0) is 17.1. The summed E-state index contributed by atoms with van der Waals surface area (Å²) in [5.74, 6) is 0.915. The van der Waals surface area contributed by atoms with Gasteiger partial charge in [0.15, 0.2) is 0 Å². The molecule has 0 saturated heterocycles. The highest BCUT2D eigenvalue weighted by Crippen LogP contribution is 2.14. The van der Waals surface area contributed by atoms with E-state index in [1.807, 2.05) is 68.5 Å². The number of nitrogens with zero attached hydrogens (tertiary/aromatic N) is 3. The average Bonchev–Trinajstić information content (AvgIpc) is 2.91. The van der Waals surface area contributed by atoms with Gasteiger partial charge in [-0.1, -0.05) is 12.1 Å². The molecule has 0 radical (unpaired) electrons. The second-order valence-electron chi connectivity index (χ2n) is 6.02. The Labute approximate surface area is 141 Å². The molecule has 0 saturated carbocycles. The van der Waals surface area contributed by atoms with Crippen molar-refractivity contribution in [3.8, 4) is 0 Å². The van der Waals surface area contributed by atoms with E-state index in [4.69, 9.17) is 0 Å². The third kappa shape index (κ3) is 3.25. The molecule has 0 bridgehead atoms. The third-order valence-electron chi connectivity index (χ3n) is 4.16. The van der Waals surface area contributed by atoms with Gasteiger partial charge in [-0.25, -0.2) is 4.98 Å². The Kier molecular flexibility index (Phi) is 4.51. The first-order chi connectivity index (χ1) is 11.6. The van der Waals surface area contributed by atoms with E-state index in [2.05, 4.69) is 20.9 Å². The minimum Gasteiger partial charge on any atom is -0.378 e. The van der Waals surface area contributed by atoms with Crippen molar-refractivity contribution in [3.05, 3.63) is 59.9 Å². The van der Waals surface area contributed by atoms with Gasteiger partial charge in [0, 0.05) is 45.4 Å². The molecule has 124 valence electrons. The van der Waals surface area contributed by atoms with Crippen molar-refractivity contribution < 1.29 is 4.79 Å². The summed E-state index contributed by atoms with van der Waals surface area (Å²) in [4.78, 5) is 18.8. The number of hydrogen-bond acceptors (Lipinski definition) is 3. The lowest BCUT2D eigenvalue weighted by Crippen LogP contribution is -2.26. The molecule has 5 nitrogen and oxygen atoms in total. The van der Waals surface area contributed by atoms with Gasteiger partial charge in [-0.3, -0.25) is 4.79 Å². The van der Waals surface area contributed by atoms with Crippen molar-refractivity contribution in [2.75, 3.05) is 25.5 Å². The Morgan fingerprint density at radius 1 is 1.12 bits per heavy atom. The van der Waals surface area contributed by atoms with Gasteiger partial charge >= 0.3 is 0 Å². The number of aryl methyl sites for hydroxylation is 1. The molecular weight excluding hydrogens is 300 g/mol. The van der Waals surface area contributed by atoms with Crippen LogP contribution in [0.25, 0.3) is 11.0 Å². The summed E-state index contributed by atoms with van der Waals surface area (Å²) in [6.07, 6.45) is 0.701. The van der Waals surface area contributed by atoms with Gasteiger partial charge in [-0.2, -0.15) is 0 Å². The fourth-order valence-electron chi connectivity index (χ4n) is 2.72. The predicted octanol–water partition coefficient (Wildman–Crippen LogP) is 2.61. The minimum atomic E-state index is -0.0564. The Hall–Kier alpha value is -2.82. The fraction of sp³-hybridized carbons (Fsp3) is 0.263. The van der Waals surface area contributed by atoms with Gasteiger partial charge < -0.3 is 14.8 Å². The number of para-hydroxylation sites is 2. The van der Waals surface area contributed by atoms with Crippen LogP contribution in [0.2, 0.25) is 0 Å². The summed E-state index contributed by atoms with van der Waals surface area (Å²) < 4.78 is 2.08. The van der Waals surface area contributed by atoms with E-state index in [9.17, 15) is 4.79 Å². The van der Waals surface area contributed by atoms with Crippen LogP contribution in [0.4, 0.5) is 5.69 Å². The Bertz CT molecular complexity index is 849. The normalized spacial score (nSPS) is 10.8. The Morgan fingerprint density at radius 3 is 2.50 bits per heavy atom. The summed E-state index contributed by atoms with van der Waals surface area (Å²) in [5.41, 5.74) is 3.84. The molecule has 2 aromatic carbocycles. The second kappa shape index (κ2) is 6.74. The number of aromatic nitrogens is 2. The van der Waals surface area contributed by atoms with Gasteiger partial charge in [0.1, 0.15) is 5.82 Å². The van der Waals surface area contributed by atoms with Crippen molar-refractivity contribution in [2.24, 2.45) is 7.05 Å². The van der Waals surface area contributed by atoms with Crippen molar-refractivity contribution in [3.63, 3.8) is 0 Å². The molecule has 1 amide bonds. The summed E-state index contributed by atoms with van der Waals surface area (Å²) in [7, 11) is 5.96. The van der Waals surface area contributed by atoms with E-state index in [1.165, 1.54) is 0 Å². The number of carbonyl (C=O) groups excluding carboxylic acids is 1. The van der Waals surface area contributed by atoms with Gasteiger partial charge in [0.2, 0.25) is 0 Å². The van der Waals surface area contributed by atoms with Crippen LogP contribution >= 0.6 is 0 Å². The Morgan fingerprint density at radius 2 is 1.83 bits per heavy atom. The summed E-state index contributed by atoms with van der Waals surface area (Å²) in [5, 5.41) is 2.96. The van der Waals surface area contributed by atoms with Crippen molar-refractivity contribution in [2.45, 2.75) is 6.42 Å². The van der Waals surface area contributed by atoms with Crippen molar-refractivity contribution >= 4 is 22.6 Å². The molecule has 5 heteroatoms. The maximum absolute atomic E-state index is 12.2. The average molecular weight is 322 g/mol. The molecule has 1 N–H and O–H groups in total. The number of carbonyl (C=O) groups is 1. The molecule has 0 aliphatic rings. The molecule has 0 unspecified atom stereocenters. The molecule has 0 spiro atoms. The van der Waals surface area contributed by atoms with Gasteiger partial charge in [0.25, 0.3) is 5.91 Å². The zero-order valence-electron chi connectivity index (χ0n) is 14.3. The van der Waals surface area contributed by atoms with E-state index in [0.717, 1.165) is 22.5 Å². The quantitative estimate of drug-likeness (QED) is 0.785. The van der Waals surface area contributed by atoms with E-state index in [0.29, 0.717) is 18.5 Å². The van der Waals surface area contributed by atoms with Crippen LogP contribution in [0.1, 0.15) is 16.2 Å². The van der Waals surface area contributed by atoms with Crippen LogP contribution in [-0.2, 0) is 13.5 Å². The summed E-state index contributed by atoms with van der Waals surface area (Å²) in [6.45, 7) is 0.561. The van der Waals surface area contributed by atoms with Crippen LogP contribution in [-0.4, -0.2) is 36.1 Å². The molecule has 1 aromatic heterocycles.